The van der Waals surface area contributed by atoms with Gasteiger partial charge in [-0.05, 0) is 32.1 Å². The fourth-order valence-corrected chi connectivity index (χ4v) is 2.01. The van der Waals surface area contributed by atoms with Crippen molar-refractivity contribution in [1.82, 2.24) is 0 Å². The first kappa shape index (κ1) is 23.3. The molecule has 25 heavy (non-hydrogen) atoms. The van der Waals surface area contributed by atoms with E-state index in [0.29, 0.717) is 6.42 Å². The second-order valence-electron chi connectivity index (χ2n) is 5.92. The number of hydrogen-bond acceptors (Lipinski definition) is 4. The lowest BCUT2D eigenvalue weighted by molar-refractivity contribution is -0.147. The fourth-order valence-electron chi connectivity index (χ4n) is 2.01. The molecule has 0 radical (unpaired) electrons. The molecule has 5 nitrogen and oxygen atoms in total. The molecular formula is C20H32O5. The first-order chi connectivity index (χ1) is 12.0. The van der Waals surface area contributed by atoms with Crippen LogP contribution in [0.2, 0.25) is 0 Å². The van der Waals surface area contributed by atoms with Gasteiger partial charge in [0, 0.05) is 0 Å². The number of aliphatic hydroxyl groups is 3. The molecule has 0 aliphatic carbocycles. The van der Waals surface area contributed by atoms with Crippen LogP contribution in [0.3, 0.4) is 0 Å². The standard InChI is InChI=1S/C20H32O5/c1-2-3-4-5-6-9-12-17(21)13-10-7-8-11-14-18(22)15-16-19(23)20(24)25/h6-11,13-14,17-19,21-23H,2-5,12,15-16H2,1H3,(H,24,25)/b8-7+,9-6-,13-10+,14-11-/t17-,18-,19?/m1/s1. The first-order valence-corrected chi connectivity index (χ1v) is 8.91. The second-order valence-corrected chi connectivity index (χ2v) is 5.92. The molecule has 0 heterocycles. The summed E-state index contributed by atoms with van der Waals surface area (Å²) in [6, 6.07) is 0. The van der Waals surface area contributed by atoms with Gasteiger partial charge < -0.3 is 20.4 Å². The number of carbonyl (C=O) groups is 1. The summed E-state index contributed by atoms with van der Waals surface area (Å²) in [5.74, 6) is -1.28. The molecule has 4 N–H and O–H groups in total. The van der Waals surface area contributed by atoms with Crippen LogP contribution in [0.25, 0.3) is 0 Å². The van der Waals surface area contributed by atoms with Crippen molar-refractivity contribution in [2.45, 2.75) is 70.2 Å². The van der Waals surface area contributed by atoms with E-state index in [0.717, 1.165) is 6.42 Å². The third-order valence-electron chi connectivity index (χ3n) is 3.54. The molecule has 0 rings (SSSR count). The normalized spacial score (nSPS) is 16.3. The Labute approximate surface area is 150 Å². The van der Waals surface area contributed by atoms with Crippen molar-refractivity contribution in [2.75, 3.05) is 0 Å². The molecule has 0 aromatic heterocycles. The zero-order valence-corrected chi connectivity index (χ0v) is 15.0. The summed E-state index contributed by atoms with van der Waals surface area (Å²) in [5, 5.41) is 37.0. The lowest BCUT2D eigenvalue weighted by atomic mass is 10.1. The molecular weight excluding hydrogens is 320 g/mol. The molecule has 0 aromatic carbocycles. The van der Waals surface area contributed by atoms with Gasteiger partial charge in [-0.25, -0.2) is 4.79 Å². The van der Waals surface area contributed by atoms with E-state index in [2.05, 4.69) is 13.0 Å². The van der Waals surface area contributed by atoms with Gasteiger partial charge in [0.1, 0.15) is 0 Å². The molecule has 5 heteroatoms. The Kier molecular flexibility index (Phi) is 14.7. The van der Waals surface area contributed by atoms with E-state index >= 15 is 0 Å². The lowest BCUT2D eigenvalue weighted by Gasteiger charge is -2.07. The number of carboxylic acids is 1. The van der Waals surface area contributed by atoms with Gasteiger partial charge >= 0.3 is 5.97 Å². The highest BCUT2D eigenvalue weighted by atomic mass is 16.4. The van der Waals surface area contributed by atoms with Gasteiger partial charge in [-0.15, -0.1) is 0 Å². The minimum Gasteiger partial charge on any atom is -0.479 e. The summed E-state index contributed by atoms with van der Waals surface area (Å²) in [4.78, 5) is 10.4. The maximum Gasteiger partial charge on any atom is 0.332 e. The third-order valence-corrected chi connectivity index (χ3v) is 3.54. The highest BCUT2D eigenvalue weighted by molar-refractivity contribution is 5.71. The first-order valence-electron chi connectivity index (χ1n) is 8.91. The van der Waals surface area contributed by atoms with Crippen LogP contribution in [-0.4, -0.2) is 44.7 Å². The van der Waals surface area contributed by atoms with Crippen LogP contribution >= 0.6 is 0 Å². The summed E-state index contributed by atoms with van der Waals surface area (Å²) in [6.45, 7) is 2.17. The van der Waals surface area contributed by atoms with E-state index in [1.807, 2.05) is 6.08 Å². The van der Waals surface area contributed by atoms with E-state index in [9.17, 15) is 15.0 Å². The van der Waals surface area contributed by atoms with Crippen molar-refractivity contribution < 1.29 is 25.2 Å². The smallest absolute Gasteiger partial charge is 0.332 e. The molecule has 0 aliphatic heterocycles. The van der Waals surface area contributed by atoms with Crippen molar-refractivity contribution in [3.63, 3.8) is 0 Å². The van der Waals surface area contributed by atoms with E-state index in [1.165, 1.54) is 25.3 Å². The van der Waals surface area contributed by atoms with Crippen LogP contribution in [0.15, 0.2) is 48.6 Å². The van der Waals surface area contributed by atoms with E-state index in [4.69, 9.17) is 10.2 Å². The van der Waals surface area contributed by atoms with E-state index in [-0.39, 0.29) is 12.8 Å². The number of rotatable bonds is 14. The van der Waals surface area contributed by atoms with Crippen LogP contribution in [0.5, 0.6) is 0 Å². The minimum absolute atomic E-state index is 0.00259. The predicted octanol–water partition coefficient (Wildman–Crippen LogP) is 3.13. The molecule has 0 saturated heterocycles. The van der Waals surface area contributed by atoms with Crippen molar-refractivity contribution >= 4 is 5.97 Å². The maximum absolute atomic E-state index is 10.4. The predicted molar refractivity (Wildman–Crippen MR) is 100 cm³/mol. The van der Waals surface area contributed by atoms with Gasteiger partial charge in [-0.2, -0.15) is 0 Å². The molecule has 142 valence electrons. The Balaban J connectivity index is 3.90. The minimum atomic E-state index is -1.44. The third kappa shape index (κ3) is 15.6. The molecule has 3 atom stereocenters. The van der Waals surface area contributed by atoms with Gasteiger partial charge in [0.25, 0.3) is 0 Å². The van der Waals surface area contributed by atoms with Gasteiger partial charge in [0.05, 0.1) is 12.2 Å². The highest BCUT2D eigenvalue weighted by Crippen LogP contribution is 2.04. The van der Waals surface area contributed by atoms with Crippen molar-refractivity contribution in [3.8, 4) is 0 Å². The summed E-state index contributed by atoms with van der Waals surface area (Å²) in [6.07, 6.45) is 16.9. The Hall–Kier alpha value is -1.69. The van der Waals surface area contributed by atoms with Gasteiger partial charge in [0.15, 0.2) is 6.10 Å². The molecule has 0 bridgehead atoms. The molecule has 0 amide bonds. The summed E-state index contributed by atoms with van der Waals surface area (Å²) in [7, 11) is 0. The molecule has 1 unspecified atom stereocenters. The average Bonchev–Trinajstić information content (AvgIpc) is 2.58. The Morgan fingerprint density at radius 1 is 0.880 bits per heavy atom. The topological polar surface area (TPSA) is 98.0 Å². The van der Waals surface area contributed by atoms with Crippen molar-refractivity contribution in [2.24, 2.45) is 0 Å². The summed E-state index contributed by atoms with van der Waals surface area (Å²) >= 11 is 0. The van der Waals surface area contributed by atoms with Gasteiger partial charge in [0.2, 0.25) is 0 Å². The van der Waals surface area contributed by atoms with Crippen molar-refractivity contribution in [1.29, 1.82) is 0 Å². The molecule has 0 fully saturated rings. The highest BCUT2D eigenvalue weighted by Gasteiger charge is 2.13. The zero-order chi connectivity index (χ0) is 18.9. The zero-order valence-electron chi connectivity index (χ0n) is 15.0. The molecule has 0 saturated carbocycles. The SMILES string of the molecule is CCCCC/C=C\C[C@@H](O)/C=C/C=C/C=C\[C@@H](O)CCC(O)C(=O)O. The van der Waals surface area contributed by atoms with Crippen LogP contribution in [-0.2, 0) is 4.79 Å². The van der Waals surface area contributed by atoms with Gasteiger partial charge in [-0.1, -0.05) is 68.4 Å². The van der Waals surface area contributed by atoms with Gasteiger partial charge in [-0.3, -0.25) is 0 Å². The number of allylic oxidation sites excluding steroid dienone is 5. The van der Waals surface area contributed by atoms with E-state index in [1.54, 1.807) is 30.4 Å². The number of hydrogen-bond donors (Lipinski definition) is 4. The van der Waals surface area contributed by atoms with Crippen molar-refractivity contribution in [3.05, 3.63) is 48.6 Å². The molecule has 0 aromatic rings. The Morgan fingerprint density at radius 2 is 1.52 bits per heavy atom. The monoisotopic (exact) mass is 352 g/mol. The van der Waals surface area contributed by atoms with Crippen LogP contribution in [0, 0.1) is 0 Å². The maximum atomic E-state index is 10.4. The Morgan fingerprint density at radius 3 is 2.12 bits per heavy atom. The van der Waals surface area contributed by atoms with Crippen LogP contribution < -0.4 is 0 Å². The van der Waals surface area contributed by atoms with Crippen LogP contribution in [0.4, 0.5) is 0 Å². The fraction of sp³-hybridized carbons (Fsp3) is 0.550. The number of carboxylic acid groups (broad SMARTS) is 1. The molecule has 0 aliphatic rings. The summed E-state index contributed by atoms with van der Waals surface area (Å²) < 4.78 is 0. The average molecular weight is 352 g/mol. The number of aliphatic carboxylic acids is 1. The second kappa shape index (κ2) is 15.8. The lowest BCUT2D eigenvalue weighted by Crippen LogP contribution is -2.21. The molecule has 0 spiro atoms. The Bertz CT molecular complexity index is 451. The van der Waals surface area contributed by atoms with Crippen LogP contribution in [0.1, 0.15) is 51.9 Å². The number of unbranched alkanes of at least 4 members (excludes halogenated alkanes) is 3. The quantitative estimate of drug-likeness (QED) is 0.219. The van der Waals surface area contributed by atoms with E-state index < -0.39 is 24.3 Å². The number of aliphatic hydroxyl groups excluding tert-OH is 3. The summed E-state index contributed by atoms with van der Waals surface area (Å²) in [5.41, 5.74) is 0. The largest absolute Gasteiger partial charge is 0.479 e.